The van der Waals surface area contributed by atoms with Gasteiger partial charge in [0.25, 0.3) is 0 Å². The summed E-state index contributed by atoms with van der Waals surface area (Å²) >= 11 is 15.6. The third-order valence-corrected chi connectivity index (χ3v) is 7.08. The van der Waals surface area contributed by atoms with E-state index in [0.29, 0.717) is 5.88 Å². The van der Waals surface area contributed by atoms with Crippen molar-refractivity contribution in [1.82, 2.24) is 0 Å². The van der Waals surface area contributed by atoms with Gasteiger partial charge in [0.05, 0.1) is 13.0 Å². The average molecular weight is 435 g/mol. The predicted molar refractivity (Wildman–Crippen MR) is 120 cm³/mol. The number of ether oxygens (including phenoxy) is 2. The van der Waals surface area contributed by atoms with Crippen LogP contribution in [0, 0.1) is 13.8 Å². The first-order valence-corrected chi connectivity index (χ1v) is 11.1. The standard InChI is InChI=1S/C18H22Cl2OS2.C2H6O/c1-5-6-7-13(8-14-10-22-15(9-19)11(14)2)16-12(3)17(20)23-18(16)21-4;1-3-2/h8,10H,5-7,9H2,1-4H3;1-2H3/b13-8-;. The minimum atomic E-state index is 0.571. The van der Waals surface area contributed by atoms with Gasteiger partial charge in [-0.15, -0.1) is 22.9 Å². The highest BCUT2D eigenvalue weighted by Crippen LogP contribution is 2.44. The molecule has 0 unspecified atom stereocenters. The number of hydrogen-bond donors (Lipinski definition) is 0. The van der Waals surface area contributed by atoms with Crippen LogP contribution < -0.4 is 4.74 Å². The fraction of sp³-hybridized carbons (Fsp3) is 0.500. The van der Waals surface area contributed by atoms with Crippen LogP contribution in [0.2, 0.25) is 4.34 Å². The van der Waals surface area contributed by atoms with E-state index in [1.165, 1.54) is 32.9 Å². The lowest BCUT2D eigenvalue weighted by molar-refractivity contribution is 0.277. The maximum atomic E-state index is 6.35. The third kappa shape index (κ3) is 6.00. The summed E-state index contributed by atoms with van der Waals surface area (Å²) in [7, 11) is 4.96. The largest absolute Gasteiger partial charge is 0.487 e. The van der Waals surface area contributed by atoms with Gasteiger partial charge < -0.3 is 9.47 Å². The Kier molecular flexibility index (Phi) is 10.9. The predicted octanol–water partition coefficient (Wildman–Crippen LogP) is 7.82. The number of rotatable bonds is 7. The molecule has 0 N–H and O–H groups in total. The molecule has 0 amide bonds. The summed E-state index contributed by atoms with van der Waals surface area (Å²) in [4.78, 5) is 1.24. The van der Waals surface area contributed by atoms with Crippen molar-refractivity contribution in [2.75, 3.05) is 21.3 Å². The summed E-state index contributed by atoms with van der Waals surface area (Å²) in [6.07, 6.45) is 5.61. The van der Waals surface area contributed by atoms with Gasteiger partial charge in [0, 0.05) is 24.7 Å². The van der Waals surface area contributed by atoms with Gasteiger partial charge >= 0.3 is 0 Å². The topological polar surface area (TPSA) is 18.5 Å². The van der Waals surface area contributed by atoms with E-state index >= 15 is 0 Å². The molecule has 2 aromatic rings. The zero-order valence-electron chi connectivity index (χ0n) is 16.4. The van der Waals surface area contributed by atoms with Crippen molar-refractivity contribution in [3.63, 3.8) is 0 Å². The number of thiophene rings is 2. The minimum Gasteiger partial charge on any atom is -0.487 e. The van der Waals surface area contributed by atoms with Crippen LogP contribution in [0.4, 0.5) is 0 Å². The van der Waals surface area contributed by atoms with E-state index in [0.717, 1.165) is 39.8 Å². The van der Waals surface area contributed by atoms with Crippen molar-refractivity contribution in [3.05, 3.63) is 36.8 Å². The Morgan fingerprint density at radius 1 is 1.19 bits per heavy atom. The number of methoxy groups -OCH3 is 2. The van der Waals surface area contributed by atoms with Gasteiger partial charge in [-0.25, -0.2) is 0 Å². The Morgan fingerprint density at radius 3 is 2.35 bits per heavy atom. The molecule has 6 heteroatoms. The second-order valence-corrected chi connectivity index (χ2v) is 8.74. The Hall–Kier alpha value is -0.520. The molecular formula is C20H28Cl2O2S2. The molecule has 26 heavy (non-hydrogen) atoms. The second-order valence-electron chi connectivity index (χ2n) is 5.92. The van der Waals surface area contributed by atoms with Crippen LogP contribution in [0.3, 0.4) is 0 Å². The molecule has 0 radical (unpaired) electrons. The Labute approximate surface area is 175 Å². The summed E-state index contributed by atoms with van der Waals surface area (Å²) in [6, 6.07) is 0. The van der Waals surface area contributed by atoms with Crippen LogP contribution in [-0.4, -0.2) is 21.3 Å². The van der Waals surface area contributed by atoms with Crippen molar-refractivity contribution in [3.8, 4) is 5.06 Å². The molecule has 2 heterocycles. The summed E-state index contributed by atoms with van der Waals surface area (Å²) in [6.45, 7) is 6.42. The van der Waals surface area contributed by atoms with Crippen molar-refractivity contribution < 1.29 is 9.47 Å². The van der Waals surface area contributed by atoms with Gasteiger partial charge in [0.15, 0.2) is 5.06 Å². The summed E-state index contributed by atoms with van der Waals surface area (Å²) < 4.78 is 10.6. The lowest BCUT2D eigenvalue weighted by Crippen LogP contribution is -1.91. The second kappa shape index (κ2) is 12.0. The van der Waals surface area contributed by atoms with Gasteiger partial charge in [0.2, 0.25) is 0 Å². The molecule has 2 aromatic heterocycles. The highest BCUT2D eigenvalue weighted by molar-refractivity contribution is 7.18. The molecule has 2 rings (SSSR count). The number of allylic oxidation sites excluding steroid dienone is 1. The molecule has 0 saturated heterocycles. The van der Waals surface area contributed by atoms with Crippen LogP contribution in [0.5, 0.6) is 5.06 Å². The summed E-state index contributed by atoms with van der Waals surface area (Å²) in [5.41, 5.74) is 6.10. The Balaban J connectivity index is 0.00000105. The number of hydrogen-bond acceptors (Lipinski definition) is 4. The lowest BCUT2D eigenvalue weighted by atomic mass is 9.96. The van der Waals surface area contributed by atoms with E-state index in [2.05, 4.69) is 37.0 Å². The van der Waals surface area contributed by atoms with Crippen molar-refractivity contribution in [2.45, 2.75) is 45.9 Å². The zero-order chi connectivity index (χ0) is 19.7. The molecule has 146 valence electrons. The molecule has 0 atom stereocenters. The zero-order valence-corrected chi connectivity index (χ0v) is 19.5. The highest BCUT2D eigenvalue weighted by atomic mass is 35.5. The normalized spacial score (nSPS) is 11.3. The SMILES string of the molecule is CCCC/C(=C/c1csc(CCl)c1C)c1c(OC)sc(Cl)c1C.COC. The lowest BCUT2D eigenvalue weighted by Gasteiger charge is -2.10. The van der Waals surface area contributed by atoms with Crippen LogP contribution in [0.1, 0.15) is 53.3 Å². The van der Waals surface area contributed by atoms with E-state index in [1.807, 2.05) is 0 Å². The first-order chi connectivity index (χ1) is 12.4. The van der Waals surface area contributed by atoms with Crippen molar-refractivity contribution in [1.29, 1.82) is 0 Å². The molecule has 0 saturated carbocycles. The smallest absolute Gasteiger partial charge is 0.182 e. The maximum absolute atomic E-state index is 6.35. The molecule has 0 aliphatic rings. The molecule has 0 bridgehead atoms. The fourth-order valence-corrected chi connectivity index (χ4v) is 5.00. The molecule has 0 spiro atoms. The summed E-state index contributed by atoms with van der Waals surface area (Å²) in [5.74, 6) is 0.571. The van der Waals surface area contributed by atoms with E-state index in [-0.39, 0.29) is 0 Å². The first kappa shape index (κ1) is 23.5. The first-order valence-electron chi connectivity index (χ1n) is 8.51. The molecule has 0 aliphatic heterocycles. The van der Waals surface area contributed by atoms with E-state index in [4.69, 9.17) is 27.9 Å². The van der Waals surface area contributed by atoms with Crippen LogP contribution in [0.25, 0.3) is 11.6 Å². The van der Waals surface area contributed by atoms with Gasteiger partial charge in [-0.2, -0.15) is 0 Å². The molecule has 0 fully saturated rings. The van der Waals surface area contributed by atoms with E-state index in [9.17, 15) is 0 Å². The number of alkyl halides is 1. The van der Waals surface area contributed by atoms with Gasteiger partial charge in [-0.3, -0.25) is 0 Å². The van der Waals surface area contributed by atoms with Crippen LogP contribution >= 0.6 is 45.9 Å². The number of halogens is 2. The monoisotopic (exact) mass is 434 g/mol. The quantitative estimate of drug-likeness (QED) is 0.413. The Morgan fingerprint density at radius 2 is 1.85 bits per heavy atom. The third-order valence-electron chi connectivity index (χ3n) is 3.99. The van der Waals surface area contributed by atoms with Crippen molar-refractivity contribution in [2.24, 2.45) is 0 Å². The maximum Gasteiger partial charge on any atom is 0.182 e. The summed E-state index contributed by atoms with van der Waals surface area (Å²) in [5, 5.41) is 3.09. The average Bonchev–Trinajstić information content (AvgIpc) is 3.12. The Bertz CT molecular complexity index is 718. The number of unbranched alkanes of at least 4 members (excludes halogenated alkanes) is 1. The fourth-order valence-electron chi connectivity index (χ4n) is 2.55. The molecule has 2 nitrogen and oxygen atoms in total. The molecular weight excluding hydrogens is 407 g/mol. The highest BCUT2D eigenvalue weighted by Gasteiger charge is 2.18. The van der Waals surface area contributed by atoms with E-state index in [1.54, 1.807) is 32.7 Å². The minimum absolute atomic E-state index is 0.571. The van der Waals surface area contributed by atoms with Gasteiger partial charge in [-0.1, -0.05) is 36.3 Å². The van der Waals surface area contributed by atoms with Crippen molar-refractivity contribution >= 4 is 57.5 Å². The van der Waals surface area contributed by atoms with Gasteiger partial charge in [0.1, 0.15) is 4.34 Å². The molecule has 0 aliphatic carbocycles. The molecule has 0 aromatic carbocycles. The van der Waals surface area contributed by atoms with Crippen LogP contribution in [-0.2, 0) is 10.6 Å². The van der Waals surface area contributed by atoms with Gasteiger partial charge in [-0.05, 0) is 60.4 Å². The van der Waals surface area contributed by atoms with Crippen LogP contribution in [0.15, 0.2) is 5.38 Å². The van der Waals surface area contributed by atoms with E-state index < -0.39 is 0 Å².